The van der Waals surface area contributed by atoms with Gasteiger partial charge in [-0.15, -0.1) is 0 Å². The van der Waals surface area contributed by atoms with Crippen LogP contribution in [-0.2, 0) is 4.74 Å². The SMILES string of the molecule is COc1ccnc(C(CCC(=O)c2ccccc2)NC(=O)OC(C)(C)C)c1. The minimum Gasteiger partial charge on any atom is -0.497 e. The third-order valence-corrected chi connectivity index (χ3v) is 3.79. The molecule has 0 aliphatic heterocycles. The smallest absolute Gasteiger partial charge is 0.408 e. The van der Waals surface area contributed by atoms with E-state index in [1.807, 2.05) is 18.2 Å². The summed E-state index contributed by atoms with van der Waals surface area (Å²) in [6.45, 7) is 5.39. The van der Waals surface area contributed by atoms with Crippen molar-refractivity contribution in [2.75, 3.05) is 7.11 Å². The summed E-state index contributed by atoms with van der Waals surface area (Å²) in [5.74, 6) is 0.639. The number of ether oxygens (including phenoxy) is 2. The lowest BCUT2D eigenvalue weighted by Gasteiger charge is -2.23. The van der Waals surface area contributed by atoms with Gasteiger partial charge in [0.2, 0.25) is 0 Å². The molecule has 2 aromatic rings. The minimum absolute atomic E-state index is 0.00878. The number of Topliss-reactive ketones (excluding diaryl/α,β-unsaturated/α-hetero) is 1. The van der Waals surface area contributed by atoms with E-state index in [-0.39, 0.29) is 12.2 Å². The number of ketones is 1. The van der Waals surface area contributed by atoms with Crippen LogP contribution in [0, 0.1) is 0 Å². The van der Waals surface area contributed by atoms with Crippen LogP contribution in [0.3, 0.4) is 0 Å². The van der Waals surface area contributed by atoms with Crippen LogP contribution in [0.15, 0.2) is 48.7 Å². The maximum atomic E-state index is 12.4. The van der Waals surface area contributed by atoms with Gasteiger partial charge >= 0.3 is 6.09 Å². The number of methoxy groups -OCH3 is 1. The summed E-state index contributed by atoms with van der Waals surface area (Å²) in [6, 6.07) is 12.1. The van der Waals surface area contributed by atoms with Crippen LogP contribution in [0.2, 0.25) is 0 Å². The molecule has 1 atom stereocenters. The van der Waals surface area contributed by atoms with Gasteiger partial charge in [0, 0.05) is 24.2 Å². The molecule has 0 bridgehead atoms. The largest absolute Gasteiger partial charge is 0.497 e. The number of amides is 1. The fourth-order valence-electron chi connectivity index (χ4n) is 2.53. The van der Waals surface area contributed by atoms with Crippen molar-refractivity contribution < 1.29 is 19.1 Å². The average molecular weight is 370 g/mol. The Hall–Kier alpha value is -2.89. The number of aromatic nitrogens is 1. The van der Waals surface area contributed by atoms with Crippen LogP contribution in [-0.4, -0.2) is 29.6 Å². The molecule has 0 aliphatic rings. The highest BCUT2D eigenvalue weighted by Gasteiger charge is 2.22. The highest BCUT2D eigenvalue weighted by molar-refractivity contribution is 5.96. The molecule has 6 nitrogen and oxygen atoms in total. The predicted molar refractivity (Wildman–Crippen MR) is 103 cm³/mol. The number of carbonyl (C=O) groups is 2. The van der Waals surface area contributed by atoms with E-state index in [0.717, 1.165) is 0 Å². The quantitative estimate of drug-likeness (QED) is 0.735. The highest BCUT2D eigenvalue weighted by Crippen LogP contribution is 2.22. The fraction of sp³-hybridized carbons (Fsp3) is 0.381. The zero-order chi connectivity index (χ0) is 19.9. The Morgan fingerprint density at radius 1 is 1.15 bits per heavy atom. The molecule has 1 N–H and O–H groups in total. The standard InChI is InChI=1S/C21H26N2O4/c1-21(2,3)27-20(25)23-17(18-14-16(26-4)12-13-22-18)10-11-19(24)15-8-6-5-7-9-15/h5-9,12-14,17H,10-11H2,1-4H3,(H,23,25). The van der Waals surface area contributed by atoms with Crippen molar-refractivity contribution in [1.82, 2.24) is 10.3 Å². The average Bonchev–Trinajstić information content (AvgIpc) is 2.64. The zero-order valence-corrected chi connectivity index (χ0v) is 16.2. The number of alkyl carbamates (subject to hydrolysis) is 1. The summed E-state index contributed by atoms with van der Waals surface area (Å²) in [5.41, 5.74) is 0.643. The van der Waals surface area contributed by atoms with E-state index in [4.69, 9.17) is 9.47 Å². The number of pyridine rings is 1. The van der Waals surface area contributed by atoms with Gasteiger partial charge in [-0.25, -0.2) is 4.79 Å². The number of hydrogen-bond donors (Lipinski definition) is 1. The van der Waals surface area contributed by atoms with Gasteiger partial charge in [-0.05, 0) is 33.3 Å². The molecule has 27 heavy (non-hydrogen) atoms. The van der Waals surface area contributed by atoms with Crippen molar-refractivity contribution in [3.8, 4) is 5.75 Å². The molecule has 0 radical (unpaired) electrons. The number of rotatable bonds is 7. The van der Waals surface area contributed by atoms with Crippen LogP contribution in [0.5, 0.6) is 5.75 Å². The number of hydrogen-bond acceptors (Lipinski definition) is 5. The second-order valence-electron chi connectivity index (χ2n) is 7.15. The first kappa shape index (κ1) is 20.4. The maximum absolute atomic E-state index is 12.4. The van der Waals surface area contributed by atoms with Gasteiger partial charge in [-0.2, -0.15) is 0 Å². The van der Waals surface area contributed by atoms with E-state index < -0.39 is 17.7 Å². The molecule has 2 rings (SSSR count). The monoisotopic (exact) mass is 370 g/mol. The summed E-state index contributed by atoms with van der Waals surface area (Å²) in [6.07, 6.45) is 1.72. The molecule has 6 heteroatoms. The second kappa shape index (κ2) is 9.16. The van der Waals surface area contributed by atoms with E-state index >= 15 is 0 Å². The zero-order valence-electron chi connectivity index (χ0n) is 16.2. The Morgan fingerprint density at radius 3 is 2.48 bits per heavy atom. The van der Waals surface area contributed by atoms with E-state index in [0.29, 0.717) is 23.4 Å². The lowest BCUT2D eigenvalue weighted by atomic mass is 10.0. The third-order valence-electron chi connectivity index (χ3n) is 3.79. The molecule has 0 saturated heterocycles. The topological polar surface area (TPSA) is 77.5 Å². The highest BCUT2D eigenvalue weighted by atomic mass is 16.6. The normalized spacial score (nSPS) is 12.1. The van der Waals surface area contributed by atoms with E-state index in [1.54, 1.807) is 58.3 Å². The Morgan fingerprint density at radius 2 is 1.85 bits per heavy atom. The molecule has 1 amide bonds. The van der Waals surface area contributed by atoms with Gasteiger partial charge < -0.3 is 14.8 Å². The van der Waals surface area contributed by atoms with Crippen molar-refractivity contribution >= 4 is 11.9 Å². The van der Waals surface area contributed by atoms with Crippen LogP contribution in [0.1, 0.15) is 55.7 Å². The maximum Gasteiger partial charge on any atom is 0.408 e. The Labute approximate surface area is 159 Å². The first-order valence-electron chi connectivity index (χ1n) is 8.86. The van der Waals surface area contributed by atoms with Gasteiger partial charge in [0.05, 0.1) is 18.8 Å². The van der Waals surface area contributed by atoms with Crippen molar-refractivity contribution in [3.05, 3.63) is 59.9 Å². The summed E-state index contributed by atoms with van der Waals surface area (Å²) in [7, 11) is 1.56. The van der Waals surface area contributed by atoms with Crippen molar-refractivity contribution in [1.29, 1.82) is 0 Å². The molecule has 144 valence electrons. The van der Waals surface area contributed by atoms with Crippen LogP contribution < -0.4 is 10.1 Å². The van der Waals surface area contributed by atoms with E-state index in [1.165, 1.54) is 0 Å². The first-order chi connectivity index (χ1) is 12.8. The molecular formula is C21H26N2O4. The number of benzene rings is 1. The first-order valence-corrected chi connectivity index (χ1v) is 8.86. The molecule has 1 aromatic carbocycles. The summed E-state index contributed by atoms with van der Waals surface area (Å²) < 4.78 is 10.6. The molecule has 1 unspecified atom stereocenters. The number of nitrogens with one attached hydrogen (secondary N) is 1. The van der Waals surface area contributed by atoms with Gasteiger partial charge in [-0.1, -0.05) is 30.3 Å². The Balaban J connectivity index is 2.13. The van der Waals surface area contributed by atoms with Gasteiger partial charge in [-0.3, -0.25) is 9.78 Å². The molecule has 0 spiro atoms. The Kier molecular flexibility index (Phi) is 6.93. The van der Waals surface area contributed by atoms with Gasteiger partial charge in [0.1, 0.15) is 11.4 Å². The molecule has 0 fully saturated rings. The molecule has 0 saturated carbocycles. The van der Waals surface area contributed by atoms with E-state index in [9.17, 15) is 9.59 Å². The molecule has 0 aliphatic carbocycles. The van der Waals surface area contributed by atoms with Crippen LogP contribution >= 0.6 is 0 Å². The summed E-state index contributed by atoms with van der Waals surface area (Å²) in [4.78, 5) is 29.0. The van der Waals surface area contributed by atoms with Crippen LogP contribution in [0.4, 0.5) is 4.79 Å². The number of nitrogens with zero attached hydrogens (tertiary/aromatic N) is 1. The lowest BCUT2D eigenvalue weighted by Crippen LogP contribution is -2.35. The Bertz CT molecular complexity index is 769. The second-order valence-corrected chi connectivity index (χ2v) is 7.15. The fourth-order valence-corrected chi connectivity index (χ4v) is 2.53. The predicted octanol–water partition coefficient (Wildman–Crippen LogP) is 4.32. The molecule has 1 heterocycles. The van der Waals surface area contributed by atoms with Gasteiger partial charge in [0.25, 0.3) is 0 Å². The van der Waals surface area contributed by atoms with Crippen LogP contribution in [0.25, 0.3) is 0 Å². The number of carbonyl (C=O) groups excluding carboxylic acids is 2. The van der Waals surface area contributed by atoms with Crippen molar-refractivity contribution in [2.45, 2.75) is 45.3 Å². The van der Waals surface area contributed by atoms with E-state index in [2.05, 4.69) is 10.3 Å². The minimum atomic E-state index is -0.615. The summed E-state index contributed by atoms with van der Waals surface area (Å²) >= 11 is 0. The molecular weight excluding hydrogens is 344 g/mol. The van der Waals surface area contributed by atoms with Gasteiger partial charge in [0.15, 0.2) is 5.78 Å². The molecule has 1 aromatic heterocycles. The third kappa shape index (κ3) is 6.73. The summed E-state index contributed by atoms with van der Waals surface area (Å²) in [5, 5.41) is 2.82. The lowest BCUT2D eigenvalue weighted by molar-refractivity contribution is 0.0497. The van der Waals surface area contributed by atoms with Crippen molar-refractivity contribution in [3.63, 3.8) is 0 Å². The van der Waals surface area contributed by atoms with Crippen molar-refractivity contribution in [2.24, 2.45) is 0 Å².